The number of aliphatic imine (C=N–C) groups is 1. The molecule has 0 aromatic rings. The zero-order valence-electron chi connectivity index (χ0n) is 8.22. The molecule has 0 aromatic heterocycles. The van der Waals surface area contributed by atoms with Crippen LogP contribution in [0.4, 0.5) is 0 Å². The lowest BCUT2D eigenvalue weighted by Gasteiger charge is -2.19. The van der Waals surface area contributed by atoms with Crippen molar-refractivity contribution < 1.29 is 0 Å². The maximum Gasteiger partial charge on any atom is 0.194 e. The van der Waals surface area contributed by atoms with Gasteiger partial charge in [0.2, 0.25) is 0 Å². The molecule has 0 radical (unpaired) electrons. The smallest absolute Gasteiger partial charge is 0.194 e. The standard InChI is InChI=1S/C8H17N3S/c1-5-11(6-2)7(3)10-8(12)9-4/h5-6H2,1-4H3,(H,9,12)/b10-7-. The van der Waals surface area contributed by atoms with Gasteiger partial charge in [0.25, 0.3) is 0 Å². The van der Waals surface area contributed by atoms with E-state index < -0.39 is 0 Å². The summed E-state index contributed by atoms with van der Waals surface area (Å²) in [7, 11) is 1.78. The minimum atomic E-state index is 0.541. The Hall–Kier alpha value is -0.640. The molecule has 0 amide bonds. The van der Waals surface area contributed by atoms with E-state index in [-0.39, 0.29) is 0 Å². The second-order valence-corrected chi connectivity index (χ2v) is 2.77. The summed E-state index contributed by atoms with van der Waals surface area (Å²) in [5.74, 6) is 0.972. The van der Waals surface area contributed by atoms with Crippen LogP contribution in [0.3, 0.4) is 0 Å². The first kappa shape index (κ1) is 11.4. The Labute approximate surface area is 79.9 Å². The van der Waals surface area contributed by atoms with E-state index >= 15 is 0 Å². The number of thiocarbonyl (C=S) groups is 1. The van der Waals surface area contributed by atoms with E-state index in [1.807, 2.05) is 6.92 Å². The number of hydrogen-bond donors (Lipinski definition) is 1. The van der Waals surface area contributed by atoms with Crippen LogP contribution in [0, 0.1) is 0 Å². The number of amidine groups is 1. The van der Waals surface area contributed by atoms with E-state index in [1.165, 1.54) is 0 Å². The Bertz CT molecular complexity index is 173. The zero-order chi connectivity index (χ0) is 9.56. The van der Waals surface area contributed by atoms with E-state index in [1.54, 1.807) is 7.05 Å². The van der Waals surface area contributed by atoms with Gasteiger partial charge in [-0.25, -0.2) is 4.99 Å². The first-order chi connectivity index (χ1) is 5.65. The molecule has 12 heavy (non-hydrogen) atoms. The van der Waals surface area contributed by atoms with Crippen molar-refractivity contribution in [2.45, 2.75) is 20.8 Å². The van der Waals surface area contributed by atoms with Crippen LogP contribution < -0.4 is 5.32 Å². The van der Waals surface area contributed by atoms with Crippen molar-refractivity contribution in [3.05, 3.63) is 0 Å². The van der Waals surface area contributed by atoms with Gasteiger partial charge < -0.3 is 10.2 Å². The lowest BCUT2D eigenvalue weighted by molar-refractivity contribution is 0.463. The van der Waals surface area contributed by atoms with Crippen molar-refractivity contribution in [3.63, 3.8) is 0 Å². The molecule has 0 rings (SSSR count). The number of nitrogens with zero attached hydrogens (tertiary/aromatic N) is 2. The molecule has 1 N–H and O–H groups in total. The third kappa shape index (κ3) is 3.67. The molecule has 0 fully saturated rings. The first-order valence-corrected chi connectivity index (χ1v) is 4.58. The average Bonchev–Trinajstić information content (AvgIpc) is 2.06. The molecule has 4 heteroatoms. The second kappa shape index (κ2) is 5.94. The molecule has 3 nitrogen and oxygen atoms in total. The minimum absolute atomic E-state index is 0.541. The van der Waals surface area contributed by atoms with Crippen LogP contribution in [0.2, 0.25) is 0 Å². The highest BCUT2D eigenvalue weighted by Gasteiger charge is 2.00. The molecule has 0 aliphatic heterocycles. The maximum absolute atomic E-state index is 4.92. The van der Waals surface area contributed by atoms with Crippen LogP contribution in [0.25, 0.3) is 0 Å². The summed E-state index contributed by atoms with van der Waals surface area (Å²) in [6, 6.07) is 0. The van der Waals surface area contributed by atoms with E-state index in [0.717, 1.165) is 18.9 Å². The van der Waals surface area contributed by atoms with E-state index in [2.05, 4.69) is 29.1 Å². The van der Waals surface area contributed by atoms with Crippen LogP contribution in [-0.4, -0.2) is 36.0 Å². The van der Waals surface area contributed by atoms with Gasteiger partial charge in [-0.1, -0.05) is 0 Å². The van der Waals surface area contributed by atoms with E-state index in [0.29, 0.717) is 5.11 Å². The summed E-state index contributed by atoms with van der Waals surface area (Å²) >= 11 is 4.92. The number of nitrogens with one attached hydrogen (secondary N) is 1. The van der Waals surface area contributed by atoms with Gasteiger partial charge in [0, 0.05) is 20.1 Å². The highest BCUT2D eigenvalue weighted by Crippen LogP contribution is 1.91. The van der Waals surface area contributed by atoms with Gasteiger partial charge >= 0.3 is 0 Å². The summed E-state index contributed by atoms with van der Waals surface area (Å²) in [5.41, 5.74) is 0. The molecular formula is C8H17N3S. The third-order valence-electron chi connectivity index (χ3n) is 1.70. The topological polar surface area (TPSA) is 27.6 Å². The van der Waals surface area contributed by atoms with Gasteiger partial charge in [-0.3, -0.25) is 0 Å². The Kier molecular flexibility index (Phi) is 5.62. The predicted octanol–water partition coefficient (Wildman–Crippen LogP) is 1.25. The normalized spacial score (nSPS) is 11.2. The third-order valence-corrected chi connectivity index (χ3v) is 1.99. The second-order valence-electron chi connectivity index (χ2n) is 2.39. The fourth-order valence-electron chi connectivity index (χ4n) is 0.955. The van der Waals surface area contributed by atoms with Crippen LogP contribution in [0.15, 0.2) is 4.99 Å². The van der Waals surface area contributed by atoms with Crippen LogP contribution in [-0.2, 0) is 0 Å². The Morgan fingerprint density at radius 1 is 1.42 bits per heavy atom. The first-order valence-electron chi connectivity index (χ1n) is 4.17. The van der Waals surface area contributed by atoms with Crippen molar-refractivity contribution in [2.75, 3.05) is 20.1 Å². The quantitative estimate of drug-likeness (QED) is 0.400. The molecule has 0 saturated heterocycles. The SMILES string of the molecule is CCN(CC)/C(C)=N\C(=S)NC. The van der Waals surface area contributed by atoms with Gasteiger partial charge in [0.05, 0.1) is 0 Å². The predicted molar refractivity (Wildman–Crippen MR) is 57.7 cm³/mol. The monoisotopic (exact) mass is 187 g/mol. The summed E-state index contributed by atoms with van der Waals surface area (Å²) < 4.78 is 0. The molecule has 0 bridgehead atoms. The highest BCUT2D eigenvalue weighted by molar-refractivity contribution is 7.80. The van der Waals surface area contributed by atoms with Crippen molar-refractivity contribution >= 4 is 23.2 Å². The Morgan fingerprint density at radius 3 is 2.25 bits per heavy atom. The number of rotatable bonds is 2. The van der Waals surface area contributed by atoms with Gasteiger partial charge in [-0.2, -0.15) is 0 Å². The molecule has 0 atom stereocenters. The van der Waals surface area contributed by atoms with Gasteiger partial charge in [0.1, 0.15) is 5.84 Å². The van der Waals surface area contributed by atoms with Crippen LogP contribution in [0.1, 0.15) is 20.8 Å². The summed E-state index contributed by atoms with van der Waals surface area (Å²) in [6.45, 7) is 8.11. The van der Waals surface area contributed by atoms with Crippen molar-refractivity contribution in [2.24, 2.45) is 4.99 Å². The van der Waals surface area contributed by atoms with Crippen LogP contribution >= 0.6 is 12.2 Å². The Morgan fingerprint density at radius 2 is 1.92 bits per heavy atom. The molecule has 0 aromatic carbocycles. The Balaban J connectivity index is 4.23. The highest BCUT2D eigenvalue weighted by atomic mass is 32.1. The summed E-state index contributed by atoms with van der Waals surface area (Å²) in [6.07, 6.45) is 0. The molecule has 0 aliphatic carbocycles. The molecule has 0 heterocycles. The van der Waals surface area contributed by atoms with Crippen molar-refractivity contribution in [1.29, 1.82) is 0 Å². The average molecular weight is 187 g/mol. The molecule has 0 unspecified atom stereocenters. The molecule has 0 spiro atoms. The van der Waals surface area contributed by atoms with E-state index in [9.17, 15) is 0 Å². The molecule has 70 valence electrons. The maximum atomic E-state index is 4.92. The lowest BCUT2D eigenvalue weighted by Crippen LogP contribution is -2.30. The summed E-state index contributed by atoms with van der Waals surface area (Å²) in [5, 5.41) is 3.36. The fourth-order valence-corrected chi connectivity index (χ4v) is 1.09. The largest absolute Gasteiger partial charge is 0.364 e. The minimum Gasteiger partial charge on any atom is -0.364 e. The van der Waals surface area contributed by atoms with Gasteiger partial charge in [-0.15, -0.1) is 0 Å². The van der Waals surface area contributed by atoms with E-state index in [4.69, 9.17) is 12.2 Å². The fraction of sp³-hybridized carbons (Fsp3) is 0.750. The number of hydrogen-bond acceptors (Lipinski definition) is 1. The summed E-state index contributed by atoms with van der Waals surface area (Å²) in [4.78, 5) is 6.36. The van der Waals surface area contributed by atoms with Crippen LogP contribution in [0.5, 0.6) is 0 Å². The van der Waals surface area contributed by atoms with Gasteiger partial charge in [-0.05, 0) is 33.0 Å². The molecule has 0 saturated carbocycles. The lowest BCUT2D eigenvalue weighted by atomic mass is 10.5. The molecular weight excluding hydrogens is 170 g/mol. The van der Waals surface area contributed by atoms with Crippen molar-refractivity contribution in [1.82, 2.24) is 10.2 Å². The zero-order valence-corrected chi connectivity index (χ0v) is 9.03. The van der Waals surface area contributed by atoms with Crippen molar-refractivity contribution in [3.8, 4) is 0 Å². The molecule has 0 aliphatic rings. The van der Waals surface area contributed by atoms with Gasteiger partial charge in [0.15, 0.2) is 5.11 Å².